The van der Waals surface area contributed by atoms with Crippen molar-refractivity contribution < 1.29 is 19.0 Å². The summed E-state index contributed by atoms with van der Waals surface area (Å²) in [5.41, 5.74) is -1.07. The molecule has 8 nitrogen and oxygen atoms in total. The molecule has 0 spiro atoms. The molecule has 142 valence electrons. The normalized spacial score (nSPS) is 22.0. The topological polar surface area (TPSA) is 115 Å². The SMILES string of the molecule is [2H]c1ccc(C(=O)Nc2ccc(F)c([C@]3(C)CS(=O)(=O)N(C)C(=N)N3)c2)nc1. The molecule has 0 radical (unpaired) electrons. The van der Waals surface area contributed by atoms with Crippen LogP contribution in [0.2, 0.25) is 0 Å². The van der Waals surface area contributed by atoms with Crippen molar-refractivity contribution in [2.24, 2.45) is 0 Å². The third-order valence-corrected chi connectivity index (χ3v) is 6.22. The highest BCUT2D eigenvalue weighted by molar-refractivity contribution is 7.89. The van der Waals surface area contributed by atoms with Gasteiger partial charge in [-0.25, -0.2) is 17.1 Å². The van der Waals surface area contributed by atoms with E-state index in [1.165, 1.54) is 44.4 Å². The zero-order valence-electron chi connectivity index (χ0n) is 15.6. The Bertz CT molecular complexity index is 1060. The van der Waals surface area contributed by atoms with E-state index in [-0.39, 0.29) is 28.9 Å². The van der Waals surface area contributed by atoms with Crippen molar-refractivity contribution in [2.75, 3.05) is 18.1 Å². The Morgan fingerprint density at radius 1 is 1.48 bits per heavy atom. The van der Waals surface area contributed by atoms with Crippen molar-refractivity contribution in [3.8, 4) is 0 Å². The van der Waals surface area contributed by atoms with Gasteiger partial charge in [-0.05, 0) is 37.2 Å². The Hall–Kier alpha value is -3.01. The fourth-order valence-corrected chi connectivity index (χ4v) is 4.27. The maximum atomic E-state index is 14.5. The molecule has 1 amide bonds. The smallest absolute Gasteiger partial charge is 0.274 e. The average Bonchev–Trinajstić information content (AvgIpc) is 2.61. The molecule has 2 aromatic rings. The molecule has 27 heavy (non-hydrogen) atoms. The second-order valence-corrected chi connectivity index (χ2v) is 8.32. The van der Waals surface area contributed by atoms with E-state index < -0.39 is 33.0 Å². The molecule has 1 saturated heterocycles. The summed E-state index contributed by atoms with van der Waals surface area (Å²) in [4.78, 5) is 16.2. The van der Waals surface area contributed by atoms with E-state index in [0.717, 1.165) is 10.4 Å². The quantitative estimate of drug-likeness (QED) is 0.732. The van der Waals surface area contributed by atoms with Gasteiger partial charge < -0.3 is 10.6 Å². The highest BCUT2D eigenvalue weighted by atomic mass is 32.2. The van der Waals surface area contributed by atoms with Gasteiger partial charge in [0.05, 0.1) is 12.7 Å². The largest absolute Gasteiger partial charge is 0.345 e. The number of aromatic nitrogens is 1. The van der Waals surface area contributed by atoms with E-state index in [4.69, 9.17) is 6.78 Å². The molecule has 0 aliphatic carbocycles. The minimum atomic E-state index is -3.80. The number of nitrogens with zero attached hydrogens (tertiary/aromatic N) is 2. The van der Waals surface area contributed by atoms with Crippen LogP contribution in [-0.4, -0.2) is 42.4 Å². The maximum absolute atomic E-state index is 14.5. The van der Waals surface area contributed by atoms with Crippen molar-refractivity contribution in [2.45, 2.75) is 12.5 Å². The van der Waals surface area contributed by atoms with Crippen LogP contribution in [0.15, 0.2) is 42.6 Å². The van der Waals surface area contributed by atoms with Gasteiger partial charge in [0.15, 0.2) is 0 Å². The van der Waals surface area contributed by atoms with Crippen molar-refractivity contribution >= 4 is 27.6 Å². The van der Waals surface area contributed by atoms with Crippen LogP contribution in [0.1, 0.15) is 24.3 Å². The van der Waals surface area contributed by atoms with Crippen LogP contribution in [0.25, 0.3) is 0 Å². The lowest BCUT2D eigenvalue weighted by Crippen LogP contribution is -2.61. The second-order valence-electron chi connectivity index (χ2n) is 6.32. The molecule has 2 heterocycles. The van der Waals surface area contributed by atoms with Crippen molar-refractivity contribution in [1.82, 2.24) is 14.6 Å². The van der Waals surface area contributed by atoms with E-state index in [9.17, 15) is 17.6 Å². The highest BCUT2D eigenvalue weighted by Crippen LogP contribution is 2.31. The number of carbonyl (C=O) groups is 1. The van der Waals surface area contributed by atoms with Crippen LogP contribution >= 0.6 is 0 Å². The fraction of sp³-hybridized carbons (Fsp3) is 0.235. The Balaban J connectivity index is 1.92. The number of sulfonamides is 1. The van der Waals surface area contributed by atoms with Crippen molar-refractivity contribution in [3.63, 3.8) is 0 Å². The molecule has 0 saturated carbocycles. The number of amides is 1. The number of anilines is 1. The summed E-state index contributed by atoms with van der Waals surface area (Å²) in [6, 6.07) is 6.74. The van der Waals surface area contributed by atoms with Gasteiger partial charge in [-0.2, -0.15) is 0 Å². The average molecular weight is 392 g/mol. The number of hydrogen-bond donors (Lipinski definition) is 3. The Kier molecular flexibility index (Phi) is 4.27. The summed E-state index contributed by atoms with van der Waals surface area (Å²) < 4.78 is 47.3. The lowest BCUT2D eigenvalue weighted by molar-refractivity contribution is 0.102. The van der Waals surface area contributed by atoms with Crippen molar-refractivity contribution in [3.05, 3.63) is 59.6 Å². The van der Waals surface area contributed by atoms with Gasteiger partial charge in [-0.3, -0.25) is 15.2 Å². The van der Waals surface area contributed by atoms with Crippen LogP contribution in [0.3, 0.4) is 0 Å². The summed E-state index contributed by atoms with van der Waals surface area (Å²) in [7, 11) is -2.56. The van der Waals surface area contributed by atoms with E-state index >= 15 is 0 Å². The number of nitrogens with one attached hydrogen (secondary N) is 3. The van der Waals surface area contributed by atoms with Gasteiger partial charge in [0.1, 0.15) is 11.5 Å². The first-order valence-electron chi connectivity index (χ1n) is 8.39. The minimum absolute atomic E-state index is 0.00110. The summed E-state index contributed by atoms with van der Waals surface area (Å²) in [6.07, 6.45) is 1.23. The third kappa shape index (κ3) is 3.61. The van der Waals surface area contributed by atoms with Crippen LogP contribution in [0, 0.1) is 11.2 Å². The molecule has 1 aliphatic heterocycles. The molecule has 10 heteroatoms. The van der Waals surface area contributed by atoms with Crippen LogP contribution < -0.4 is 10.6 Å². The first-order chi connectivity index (χ1) is 13.0. The molecule has 1 aromatic heterocycles. The Morgan fingerprint density at radius 3 is 2.85 bits per heavy atom. The molecular formula is C17H18FN5O3S. The molecule has 0 unspecified atom stereocenters. The zero-order valence-corrected chi connectivity index (χ0v) is 15.4. The monoisotopic (exact) mass is 392 g/mol. The molecule has 1 aliphatic rings. The second kappa shape index (κ2) is 6.62. The number of rotatable bonds is 3. The molecule has 1 aromatic carbocycles. The van der Waals surface area contributed by atoms with Gasteiger partial charge in [0.25, 0.3) is 5.91 Å². The van der Waals surface area contributed by atoms with Crippen molar-refractivity contribution in [1.29, 1.82) is 5.41 Å². The van der Waals surface area contributed by atoms with Gasteiger partial charge in [-0.15, -0.1) is 0 Å². The minimum Gasteiger partial charge on any atom is -0.345 e. The van der Waals surface area contributed by atoms with Crippen LogP contribution in [0.4, 0.5) is 10.1 Å². The number of halogens is 1. The summed E-state index contributed by atoms with van der Waals surface area (Å²) in [5.74, 6) is -2.06. The predicted octanol–water partition coefficient (Wildman–Crippen LogP) is 1.49. The van der Waals surface area contributed by atoms with E-state index in [0.29, 0.717) is 0 Å². The van der Waals surface area contributed by atoms with Crippen LogP contribution in [-0.2, 0) is 15.6 Å². The lowest BCUT2D eigenvalue weighted by Gasteiger charge is -2.40. The number of pyridine rings is 1. The Morgan fingerprint density at radius 2 is 2.22 bits per heavy atom. The molecule has 1 fully saturated rings. The molecule has 0 bridgehead atoms. The van der Waals surface area contributed by atoms with E-state index in [2.05, 4.69) is 15.6 Å². The van der Waals surface area contributed by atoms with E-state index in [1.54, 1.807) is 0 Å². The maximum Gasteiger partial charge on any atom is 0.274 e. The van der Waals surface area contributed by atoms with Gasteiger partial charge in [0.2, 0.25) is 16.0 Å². The number of guanidine groups is 1. The summed E-state index contributed by atoms with van der Waals surface area (Å²) >= 11 is 0. The van der Waals surface area contributed by atoms with Gasteiger partial charge in [-0.1, -0.05) is 6.07 Å². The van der Waals surface area contributed by atoms with Gasteiger partial charge >= 0.3 is 0 Å². The standard InChI is InChI=1S/C17H18FN5O3S/c1-17(10-27(25,26)23(2)16(19)22-17)12-9-11(6-7-13(12)18)21-15(24)14-5-3-4-8-20-14/h3-9H,10H2,1-2H3,(H2,19,22)(H,21,24)/t17-/m0/s1/i4D. The highest BCUT2D eigenvalue weighted by Gasteiger charge is 2.43. The molecule has 3 N–H and O–H groups in total. The number of carbonyl (C=O) groups excluding carboxylic acids is 1. The predicted molar refractivity (Wildman–Crippen MR) is 98.4 cm³/mol. The summed E-state index contributed by atoms with van der Waals surface area (Å²) in [6.45, 7) is 1.48. The first-order valence-corrected chi connectivity index (χ1v) is 9.50. The zero-order chi connectivity index (χ0) is 20.7. The third-order valence-electron chi connectivity index (χ3n) is 4.26. The van der Waals surface area contributed by atoms with Gasteiger partial charge in [0, 0.05) is 24.5 Å². The van der Waals surface area contributed by atoms with E-state index in [1.807, 2.05) is 0 Å². The summed E-state index contributed by atoms with van der Waals surface area (Å²) in [5, 5.41) is 13.1. The molecule has 1 atom stereocenters. The lowest BCUT2D eigenvalue weighted by atomic mass is 9.93. The number of hydrogen-bond acceptors (Lipinski definition) is 5. The molecular weight excluding hydrogens is 373 g/mol. The number of benzene rings is 1. The van der Waals surface area contributed by atoms with Crippen LogP contribution in [0.5, 0.6) is 0 Å². The Labute approximate surface area is 157 Å². The first kappa shape index (κ1) is 17.4. The fourth-order valence-electron chi connectivity index (χ4n) is 2.80. The molecule has 3 rings (SSSR count).